The third-order valence-electron chi connectivity index (χ3n) is 2.52. The van der Waals surface area contributed by atoms with Gasteiger partial charge in [0, 0.05) is 17.1 Å². The molecule has 0 saturated heterocycles. The van der Waals surface area contributed by atoms with Crippen molar-refractivity contribution in [2.24, 2.45) is 0 Å². The zero-order valence-corrected chi connectivity index (χ0v) is 11.7. The first-order valence-corrected chi connectivity index (χ1v) is 6.47. The second kappa shape index (κ2) is 5.59. The number of nitrogen functional groups attached to an aromatic ring is 1. The minimum atomic E-state index is -0.513. The van der Waals surface area contributed by atoms with Crippen molar-refractivity contribution in [3.63, 3.8) is 0 Å². The molecule has 94 valence electrons. The van der Waals surface area contributed by atoms with Crippen LogP contribution in [0, 0.1) is 5.82 Å². The molecule has 2 aromatic rings. The molecule has 0 atom stereocenters. The van der Waals surface area contributed by atoms with Crippen LogP contribution in [0.4, 0.5) is 15.8 Å². The van der Waals surface area contributed by atoms with E-state index in [4.69, 9.17) is 17.3 Å². The number of benzene rings is 2. The molecule has 0 radical (unpaired) electrons. The Balaban J connectivity index is 2.16. The predicted molar refractivity (Wildman–Crippen MR) is 77.3 cm³/mol. The van der Waals surface area contributed by atoms with Crippen molar-refractivity contribution in [3.05, 3.63) is 57.3 Å². The van der Waals surface area contributed by atoms with Gasteiger partial charge in [0.15, 0.2) is 0 Å². The van der Waals surface area contributed by atoms with Gasteiger partial charge >= 0.3 is 0 Å². The standard InChI is InChI=1S/C13H11BrClFN2/c14-9-4-2-1-3-8(9)7-18-13-5-10(15)11(16)6-12(13)17/h1-6,18H,7,17H2. The van der Waals surface area contributed by atoms with E-state index in [2.05, 4.69) is 21.2 Å². The van der Waals surface area contributed by atoms with Crippen molar-refractivity contribution in [1.29, 1.82) is 0 Å². The second-order valence-corrected chi connectivity index (χ2v) is 5.06. The number of nitrogens with one attached hydrogen (secondary N) is 1. The first-order chi connectivity index (χ1) is 8.58. The van der Waals surface area contributed by atoms with Gasteiger partial charge in [-0.3, -0.25) is 0 Å². The molecule has 0 fully saturated rings. The number of rotatable bonds is 3. The SMILES string of the molecule is Nc1cc(F)c(Cl)cc1NCc1ccccc1Br. The number of hydrogen-bond acceptors (Lipinski definition) is 2. The summed E-state index contributed by atoms with van der Waals surface area (Å²) < 4.78 is 14.1. The molecule has 2 nitrogen and oxygen atoms in total. The van der Waals surface area contributed by atoms with Crippen molar-refractivity contribution in [2.45, 2.75) is 6.54 Å². The smallest absolute Gasteiger partial charge is 0.143 e. The summed E-state index contributed by atoms with van der Waals surface area (Å²) in [6.45, 7) is 0.577. The summed E-state index contributed by atoms with van der Waals surface area (Å²) in [7, 11) is 0. The van der Waals surface area contributed by atoms with E-state index in [1.54, 1.807) is 0 Å². The summed E-state index contributed by atoms with van der Waals surface area (Å²) in [5.74, 6) is -0.513. The highest BCUT2D eigenvalue weighted by Gasteiger charge is 2.06. The van der Waals surface area contributed by atoms with Gasteiger partial charge in [0.2, 0.25) is 0 Å². The zero-order valence-electron chi connectivity index (χ0n) is 9.38. The Morgan fingerprint density at radius 3 is 2.72 bits per heavy atom. The monoisotopic (exact) mass is 328 g/mol. The lowest BCUT2D eigenvalue weighted by molar-refractivity contribution is 0.629. The van der Waals surface area contributed by atoms with E-state index in [-0.39, 0.29) is 5.02 Å². The van der Waals surface area contributed by atoms with Gasteiger partial charge in [-0.15, -0.1) is 0 Å². The molecule has 0 saturated carbocycles. The zero-order chi connectivity index (χ0) is 13.1. The largest absolute Gasteiger partial charge is 0.397 e. The predicted octanol–water partition coefficient (Wildman–Crippen LogP) is 4.44. The van der Waals surface area contributed by atoms with Crippen LogP contribution in [0.5, 0.6) is 0 Å². The highest BCUT2D eigenvalue weighted by molar-refractivity contribution is 9.10. The molecule has 3 N–H and O–H groups in total. The average Bonchev–Trinajstić information content (AvgIpc) is 2.34. The number of hydrogen-bond donors (Lipinski definition) is 2. The molecule has 0 aliphatic heterocycles. The summed E-state index contributed by atoms with van der Waals surface area (Å²) in [4.78, 5) is 0. The lowest BCUT2D eigenvalue weighted by atomic mass is 10.2. The maximum absolute atomic E-state index is 13.1. The summed E-state index contributed by atoms with van der Waals surface area (Å²) in [5, 5.41) is 3.19. The summed E-state index contributed by atoms with van der Waals surface area (Å²) >= 11 is 9.18. The third-order valence-corrected chi connectivity index (χ3v) is 3.58. The average molecular weight is 330 g/mol. The van der Waals surface area contributed by atoms with E-state index in [0.29, 0.717) is 17.9 Å². The molecule has 0 heterocycles. The summed E-state index contributed by atoms with van der Waals surface area (Å²) in [6.07, 6.45) is 0. The number of halogens is 3. The van der Waals surface area contributed by atoms with Gasteiger partial charge in [0.1, 0.15) is 5.82 Å². The molecule has 0 amide bonds. The first-order valence-electron chi connectivity index (χ1n) is 5.29. The molecule has 0 bridgehead atoms. The molecule has 2 aromatic carbocycles. The number of nitrogens with two attached hydrogens (primary N) is 1. The molecule has 18 heavy (non-hydrogen) atoms. The highest BCUT2D eigenvalue weighted by atomic mass is 79.9. The fourth-order valence-corrected chi connectivity index (χ4v) is 2.14. The molecule has 0 unspecified atom stereocenters. The van der Waals surface area contributed by atoms with Gasteiger partial charge in [-0.2, -0.15) is 0 Å². The Hall–Kier alpha value is -1.26. The van der Waals surface area contributed by atoms with Gasteiger partial charge < -0.3 is 11.1 Å². The minimum absolute atomic E-state index is 0.0545. The maximum Gasteiger partial charge on any atom is 0.143 e. The maximum atomic E-state index is 13.1. The first kappa shape index (κ1) is 13.2. The normalized spacial score (nSPS) is 10.4. The number of anilines is 2. The summed E-state index contributed by atoms with van der Waals surface area (Å²) in [6, 6.07) is 10.5. The van der Waals surface area contributed by atoms with Gasteiger partial charge in [0.25, 0.3) is 0 Å². The molecule has 5 heteroatoms. The summed E-state index contributed by atoms with van der Waals surface area (Å²) in [5.41, 5.74) is 7.76. The molecule has 0 aromatic heterocycles. The van der Waals surface area contributed by atoms with Crippen LogP contribution < -0.4 is 11.1 Å². The lowest BCUT2D eigenvalue weighted by Crippen LogP contribution is -2.03. The fourth-order valence-electron chi connectivity index (χ4n) is 1.55. The molecule has 0 aliphatic rings. The quantitative estimate of drug-likeness (QED) is 0.817. The van der Waals surface area contributed by atoms with E-state index in [9.17, 15) is 4.39 Å². The van der Waals surface area contributed by atoms with Crippen LogP contribution >= 0.6 is 27.5 Å². The van der Waals surface area contributed by atoms with Crippen molar-refractivity contribution >= 4 is 38.9 Å². The van der Waals surface area contributed by atoms with Crippen LogP contribution in [0.2, 0.25) is 5.02 Å². The van der Waals surface area contributed by atoms with Crippen molar-refractivity contribution in [1.82, 2.24) is 0 Å². The Kier molecular flexibility index (Phi) is 4.09. The Labute approximate surface area is 118 Å². The van der Waals surface area contributed by atoms with E-state index in [0.717, 1.165) is 10.0 Å². The second-order valence-electron chi connectivity index (χ2n) is 3.80. The molecular weight excluding hydrogens is 319 g/mol. The Morgan fingerprint density at radius 2 is 2.00 bits per heavy atom. The van der Waals surface area contributed by atoms with Crippen LogP contribution in [0.1, 0.15) is 5.56 Å². The minimum Gasteiger partial charge on any atom is -0.397 e. The van der Waals surface area contributed by atoms with E-state index < -0.39 is 5.82 Å². The van der Waals surface area contributed by atoms with Gasteiger partial charge in [-0.05, 0) is 17.7 Å². The lowest BCUT2D eigenvalue weighted by Gasteiger charge is -2.11. The molecule has 2 rings (SSSR count). The van der Waals surface area contributed by atoms with Crippen LogP contribution in [0.15, 0.2) is 40.9 Å². The van der Waals surface area contributed by atoms with Gasteiger partial charge in [-0.1, -0.05) is 45.7 Å². The third kappa shape index (κ3) is 2.94. The van der Waals surface area contributed by atoms with Crippen LogP contribution in [-0.2, 0) is 6.54 Å². The molecule has 0 spiro atoms. The van der Waals surface area contributed by atoms with Crippen molar-refractivity contribution in [3.8, 4) is 0 Å². The van der Waals surface area contributed by atoms with Gasteiger partial charge in [0.05, 0.1) is 16.4 Å². The van der Waals surface area contributed by atoms with E-state index in [1.165, 1.54) is 12.1 Å². The van der Waals surface area contributed by atoms with Crippen molar-refractivity contribution in [2.75, 3.05) is 11.1 Å². The van der Waals surface area contributed by atoms with Crippen LogP contribution in [-0.4, -0.2) is 0 Å². The van der Waals surface area contributed by atoms with E-state index in [1.807, 2.05) is 24.3 Å². The van der Waals surface area contributed by atoms with Crippen molar-refractivity contribution < 1.29 is 4.39 Å². The van der Waals surface area contributed by atoms with Crippen LogP contribution in [0.25, 0.3) is 0 Å². The van der Waals surface area contributed by atoms with E-state index >= 15 is 0 Å². The van der Waals surface area contributed by atoms with Gasteiger partial charge in [-0.25, -0.2) is 4.39 Å². The fraction of sp³-hybridized carbons (Fsp3) is 0.0769. The molecular formula is C13H11BrClFN2. The molecule has 0 aliphatic carbocycles. The Bertz CT molecular complexity index is 575. The topological polar surface area (TPSA) is 38.0 Å². The van der Waals surface area contributed by atoms with Crippen LogP contribution in [0.3, 0.4) is 0 Å². The highest BCUT2D eigenvalue weighted by Crippen LogP contribution is 2.27. The Morgan fingerprint density at radius 1 is 1.28 bits per heavy atom.